The first-order valence-electron chi connectivity index (χ1n) is 7.12. The Morgan fingerprint density at radius 2 is 2.00 bits per heavy atom. The van der Waals surface area contributed by atoms with Gasteiger partial charge in [0.05, 0.1) is 12.1 Å². The molecule has 0 spiro atoms. The Bertz CT molecular complexity index is 326. The second-order valence-electron chi connectivity index (χ2n) is 6.55. The van der Waals surface area contributed by atoms with Crippen molar-refractivity contribution in [2.75, 3.05) is 13.2 Å². The van der Waals surface area contributed by atoms with Crippen LogP contribution in [-0.2, 0) is 4.74 Å². The van der Waals surface area contributed by atoms with E-state index in [4.69, 9.17) is 4.74 Å². The lowest BCUT2D eigenvalue weighted by atomic mass is 9.87. The number of ether oxygens (including phenoxy) is 1. The molecule has 1 fully saturated rings. The highest BCUT2D eigenvalue weighted by atomic mass is 16.6. The third-order valence-corrected chi connectivity index (χ3v) is 3.53. The van der Waals surface area contributed by atoms with Crippen molar-refractivity contribution in [2.24, 2.45) is 5.92 Å². The SMILES string of the molecule is C[C@@H](O)C(O)C1CC(CO)CCN1C(=O)OC(C)(C)C. The molecule has 0 aromatic carbocycles. The van der Waals surface area contributed by atoms with Crippen LogP contribution in [-0.4, -0.2) is 63.3 Å². The van der Waals surface area contributed by atoms with Crippen LogP contribution in [0.25, 0.3) is 0 Å². The fourth-order valence-electron chi connectivity index (χ4n) is 2.43. The number of piperidine rings is 1. The Labute approximate surface area is 120 Å². The summed E-state index contributed by atoms with van der Waals surface area (Å²) in [5, 5.41) is 28.9. The Balaban J connectivity index is 2.83. The van der Waals surface area contributed by atoms with Crippen LogP contribution >= 0.6 is 0 Å². The van der Waals surface area contributed by atoms with Crippen LogP contribution in [0.1, 0.15) is 40.5 Å². The van der Waals surface area contributed by atoms with Gasteiger partial charge in [0.1, 0.15) is 11.7 Å². The Morgan fingerprint density at radius 1 is 1.40 bits per heavy atom. The third-order valence-electron chi connectivity index (χ3n) is 3.53. The first-order valence-corrected chi connectivity index (χ1v) is 7.12. The van der Waals surface area contributed by atoms with Crippen molar-refractivity contribution in [1.82, 2.24) is 4.90 Å². The lowest BCUT2D eigenvalue weighted by Crippen LogP contribution is -2.55. The lowest BCUT2D eigenvalue weighted by molar-refractivity contribution is -0.0626. The van der Waals surface area contributed by atoms with E-state index in [2.05, 4.69) is 0 Å². The third kappa shape index (κ3) is 4.61. The second kappa shape index (κ2) is 6.74. The number of hydrogen-bond acceptors (Lipinski definition) is 5. The quantitative estimate of drug-likeness (QED) is 0.713. The number of amides is 1. The summed E-state index contributed by atoms with van der Waals surface area (Å²) in [7, 11) is 0. The summed E-state index contributed by atoms with van der Waals surface area (Å²) in [6.07, 6.45) is -1.35. The molecule has 1 aliphatic heterocycles. The second-order valence-corrected chi connectivity index (χ2v) is 6.55. The predicted molar refractivity (Wildman–Crippen MR) is 74.2 cm³/mol. The summed E-state index contributed by atoms with van der Waals surface area (Å²) in [5.41, 5.74) is -0.606. The molecule has 118 valence electrons. The van der Waals surface area contributed by atoms with Crippen molar-refractivity contribution >= 4 is 6.09 Å². The number of aliphatic hydroxyl groups excluding tert-OH is 3. The Kier molecular flexibility index (Phi) is 5.79. The van der Waals surface area contributed by atoms with Gasteiger partial charge in [-0.2, -0.15) is 0 Å². The van der Waals surface area contributed by atoms with E-state index in [0.717, 1.165) is 0 Å². The van der Waals surface area contributed by atoms with Crippen molar-refractivity contribution in [3.8, 4) is 0 Å². The summed E-state index contributed by atoms with van der Waals surface area (Å²) in [6.45, 7) is 7.27. The standard InChI is InChI=1S/C14H27NO5/c1-9(17)12(18)11-7-10(8-16)5-6-15(11)13(19)20-14(2,3)4/h9-12,16-18H,5-8H2,1-4H3/t9-,10?,11?,12?/m1/s1. The van der Waals surface area contributed by atoms with Gasteiger partial charge in [-0.3, -0.25) is 0 Å². The highest BCUT2D eigenvalue weighted by Crippen LogP contribution is 2.27. The van der Waals surface area contributed by atoms with Crippen molar-refractivity contribution in [1.29, 1.82) is 0 Å². The number of nitrogens with zero attached hydrogens (tertiary/aromatic N) is 1. The highest BCUT2D eigenvalue weighted by molar-refractivity contribution is 5.68. The van der Waals surface area contributed by atoms with Crippen molar-refractivity contribution in [3.63, 3.8) is 0 Å². The lowest BCUT2D eigenvalue weighted by Gasteiger charge is -2.42. The maximum atomic E-state index is 12.2. The van der Waals surface area contributed by atoms with Gasteiger partial charge in [-0.15, -0.1) is 0 Å². The molecule has 0 radical (unpaired) electrons. The van der Waals surface area contributed by atoms with Gasteiger partial charge in [0.25, 0.3) is 0 Å². The minimum atomic E-state index is -1.04. The average Bonchev–Trinajstić information content (AvgIpc) is 2.34. The number of likely N-dealkylation sites (tertiary alicyclic amines) is 1. The molecule has 20 heavy (non-hydrogen) atoms. The Hall–Kier alpha value is -0.850. The van der Waals surface area contributed by atoms with Gasteiger partial charge in [0.2, 0.25) is 0 Å². The predicted octanol–water partition coefficient (Wildman–Crippen LogP) is 0.736. The molecule has 3 unspecified atom stereocenters. The van der Waals surface area contributed by atoms with Crippen molar-refractivity contribution in [2.45, 2.75) is 64.4 Å². The molecule has 6 heteroatoms. The number of carbonyl (C=O) groups is 1. The maximum absolute atomic E-state index is 12.2. The zero-order chi connectivity index (χ0) is 15.5. The molecule has 1 rings (SSSR count). The summed E-state index contributed by atoms with van der Waals surface area (Å²) >= 11 is 0. The fraction of sp³-hybridized carbons (Fsp3) is 0.929. The highest BCUT2D eigenvalue weighted by Gasteiger charge is 2.39. The Morgan fingerprint density at radius 3 is 2.45 bits per heavy atom. The van der Waals surface area contributed by atoms with E-state index in [0.29, 0.717) is 19.4 Å². The van der Waals surface area contributed by atoms with Gasteiger partial charge in [0, 0.05) is 13.2 Å². The minimum absolute atomic E-state index is 0.0190. The molecular formula is C14H27NO5. The first kappa shape index (κ1) is 17.2. The van der Waals surface area contributed by atoms with Gasteiger partial charge < -0.3 is 25.0 Å². The number of aliphatic hydroxyl groups is 3. The van der Waals surface area contributed by atoms with Crippen molar-refractivity contribution < 1.29 is 24.9 Å². The molecule has 0 aromatic rings. The average molecular weight is 289 g/mol. The molecule has 1 heterocycles. The molecule has 4 atom stereocenters. The van der Waals surface area contributed by atoms with Gasteiger partial charge in [-0.25, -0.2) is 4.79 Å². The van der Waals surface area contributed by atoms with Crippen LogP contribution in [0, 0.1) is 5.92 Å². The van der Waals surface area contributed by atoms with E-state index in [9.17, 15) is 20.1 Å². The summed E-state index contributed by atoms with van der Waals surface area (Å²) in [4.78, 5) is 13.7. The van der Waals surface area contributed by atoms with Gasteiger partial charge in [-0.05, 0) is 46.5 Å². The van der Waals surface area contributed by atoms with Crippen LogP contribution in [0.3, 0.4) is 0 Å². The van der Waals surface area contributed by atoms with E-state index in [-0.39, 0.29) is 12.5 Å². The van der Waals surface area contributed by atoms with E-state index < -0.39 is 29.9 Å². The molecule has 0 bridgehead atoms. The molecule has 6 nitrogen and oxygen atoms in total. The van der Waals surface area contributed by atoms with E-state index in [1.807, 2.05) is 0 Å². The van der Waals surface area contributed by atoms with Crippen LogP contribution in [0.15, 0.2) is 0 Å². The molecule has 1 amide bonds. The number of rotatable bonds is 3. The molecule has 0 saturated carbocycles. The molecule has 1 aliphatic rings. The monoisotopic (exact) mass is 289 g/mol. The van der Waals surface area contributed by atoms with Gasteiger partial charge >= 0.3 is 6.09 Å². The minimum Gasteiger partial charge on any atom is -0.444 e. The van der Waals surface area contributed by atoms with Crippen LogP contribution < -0.4 is 0 Å². The number of carbonyl (C=O) groups excluding carboxylic acids is 1. The van der Waals surface area contributed by atoms with E-state index >= 15 is 0 Å². The largest absolute Gasteiger partial charge is 0.444 e. The van der Waals surface area contributed by atoms with E-state index in [1.54, 1.807) is 20.8 Å². The molecule has 1 saturated heterocycles. The summed E-state index contributed by atoms with van der Waals surface area (Å²) < 4.78 is 5.34. The van der Waals surface area contributed by atoms with Crippen molar-refractivity contribution in [3.05, 3.63) is 0 Å². The summed E-state index contributed by atoms with van der Waals surface area (Å²) in [5.74, 6) is 0.0343. The van der Waals surface area contributed by atoms with Crippen LogP contribution in [0.4, 0.5) is 4.79 Å². The molecule has 3 N–H and O–H groups in total. The van der Waals surface area contributed by atoms with Gasteiger partial charge in [-0.1, -0.05) is 0 Å². The van der Waals surface area contributed by atoms with Gasteiger partial charge in [0.15, 0.2) is 0 Å². The topological polar surface area (TPSA) is 90.2 Å². The van der Waals surface area contributed by atoms with Crippen LogP contribution in [0.2, 0.25) is 0 Å². The van der Waals surface area contributed by atoms with E-state index in [1.165, 1.54) is 11.8 Å². The molecule has 0 aromatic heterocycles. The zero-order valence-electron chi connectivity index (χ0n) is 12.7. The first-order chi connectivity index (χ1) is 9.15. The maximum Gasteiger partial charge on any atom is 0.410 e. The number of hydrogen-bond donors (Lipinski definition) is 3. The normalized spacial score (nSPS) is 27.1. The fourth-order valence-corrected chi connectivity index (χ4v) is 2.43. The molecule has 0 aliphatic carbocycles. The zero-order valence-corrected chi connectivity index (χ0v) is 12.7. The summed E-state index contributed by atoms with van der Waals surface area (Å²) in [6, 6.07) is -0.532. The molecular weight excluding hydrogens is 262 g/mol. The van der Waals surface area contributed by atoms with Crippen LogP contribution in [0.5, 0.6) is 0 Å². The smallest absolute Gasteiger partial charge is 0.410 e.